The summed E-state index contributed by atoms with van der Waals surface area (Å²) >= 11 is 8.36. The van der Waals surface area contributed by atoms with Crippen LogP contribution in [0.1, 0.15) is 21.6 Å². The van der Waals surface area contributed by atoms with Gasteiger partial charge in [-0.25, -0.2) is 4.98 Å². The van der Waals surface area contributed by atoms with Gasteiger partial charge in [-0.3, -0.25) is 0 Å². The fourth-order valence-corrected chi connectivity index (χ4v) is 2.71. The molecule has 0 amide bonds. The Morgan fingerprint density at radius 1 is 1.37 bits per heavy atom. The summed E-state index contributed by atoms with van der Waals surface area (Å²) in [5.41, 5.74) is 0.433. The van der Waals surface area contributed by atoms with Crippen LogP contribution in [0.25, 0.3) is 0 Å². The molecule has 2 nitrogen and oxygen atoms in total. The van der Waals surface area contributed by atoms with Crippen LogP contribution >= 0.6 is 45.5 Å². The third-order valence-electron chi connectivity index (χ3n) is 2.29. The molecule has 0 radical (unpaired) electrons. The summed E-state index contributed by atoms with van der Waals surface area (Å²) in [4.78, 5) is 3.40. The Kier molecular flexibility index (Phi) is 4.38. The number of nitrogens with zero attached hydrogens (tertiary/aromatic N) is 1. The van der Waals surface area contributed by atoms with Crippen LogP contribution in [0.2, 0.25) is 5.02 Å². The minimum atomic E-state index is -4.49. The molecule has 0 bridgehead atoms. The van der Waals surface area contributed by atoms with Crippen molar-refractivity contribution in [2.75, 3.05) is 0 Å². The highest BCUT2D eigenvalue weighted by atomic mass is 127. The number of hydrogen-bond acceptors (Lipinski definition) is 3. The molecule has 0 spiro atoms. The zero-order valence-corrected chi connectivity index (χ0v) is 12.8. The maximum absolute atomic E-state index is 12.4. The monoisotopic (exact) mass is 419 g/mol. The number of aliphatic hydroxyl groups is 1. The van der Waals surface area contributed by atoms with Crippen molar-refractivity contribution in [3.8, 4) is 0 Å². The highest BCUT2D eigenvalue weighted by Gasteiger charge is 2.35. The van der Waals surface area contributed by atoms with Crippen LogP contribution in [0.15, 0.2) is 24.4 Å². The number of aliphatic hydroxyl groups excluding tert-OH is 1. The van der Waals surface area contributed by atoms with Crippen molar-refractivity contribution in [1.29, 1.82) is 0 Å². The summed E-state index contributed by atoms with van der Waals surface area (Å²) in [6, 6.07) is 4.83. The fourth-order valence-electron chi connectivity index (χ4n) is 1.39. The van der Waals surface area contributed by atoms with Crippen molar-refractivity contribution in [2.24, 2.45) is 0 Å². The second kappa shape index (κ2) is 5.55. The van der Waals surface area contributed by atoms with Gasteiger partial charge in [0, 0.05) is 9.77 Å². The smallest absolute Gasteiger partial charge is 0.383 e. The van der Waals surface area contributed by atoms with Crippen molar-refractivity contribution in [2.45, 2.75) is 12.3 Å². The highest BCUT2D eigenvalue weighted by molar-refractivity contribution is 14.1. The highest BCUT2D eigenvalue weighted by Crippen LogP contribution is 2.36. The largest absolute Gasteiger partial charge is 0.443 e. The number of halogens is 5. The lowest BCUT2D eigenvalue weighted by atomic mass is 10.1. The molecule has 1 aromatic heterocycles. The molecule has 1 atom stereocenters. The van der Waals surface area contributed by atoms with Crippen LogP contribution in [-0.2, 0) is 6.18 Å². The van der Waals surface area contributed by atoms with E-state index in [1.165, 1.54) is 6.07 Å². The quantitative estimate of drug-likeness (QED) is 0.727. The Morgan fingerprint density at radius 2 is 2.05 bits per heavy atom. The predicted octanol–water partition coefficient (Wildman–Crippen LogP) is 4.50. The number of aromatic nitrogens is 1. The molecule has 102 valence electrons. The van der Waals surface area contributed by atoms with Gasteiger partial charge >= 0.3 is 6.18 Å². The van der Waals surface area contributed by atoms with Crippen LogP contribution in [0.3, 0.4) is 0 Å². The van der Waals surface area contributed by atoms with E-state index in [9.17, 15) is 18.3 Å². The first-order valence-corrected chi connectivity index (χ1v) is 7.22. The molecule has 0 aliphatic heterocycles. The van der Waals surface area contributed by atoms with E-state index < -0.39 is 17.3 Å². The molecule has 0 saturated carbocycles. The van der Waals surface area contributed by atoms with Crippen molar-refractivity contribution in [3.63, 3.8) is 0 Å². The van der Waals surface area contributed by atoms with Crippen LogP contribution in [-0.4, -0.2) is 10.1 Å². The second-order valence-corrected chi connectivity index (χ2v) is 6.27. The average Bonchev–Trinajstić information content (AvgIpc) is 2.81. The number of rotatable bonds is 2. The first-order chi connectivity index (χ1) is 8.79. The number of alkyl halides is 3. The molecule has 0 aliphatic carbocycles. The van der Waals surface area contributed by atoms with E-state index in [0.717, 1.165) is 9.77 Å². The molecule has 19 heavy (non-hydrogen) atoms. The van der Waals surface area contributed by atoms with Crippen molar-refractivity contribution in [3.05, 3.63) is 48.4 Å². The lowest BCUT2D eigenvalue weighted by Gasteiger charge is -2.09. The molecule has 0 aliphatic rings. The molecule has 1 unspecified atom stereocenters. The molecule has 0 fully saturated rings. The van der Waals surface area contributed by atoms with E-state index in [4.69, 9.17) is 11.6 Å². The van der Waals surface area contributed by atoms with Gasteiger partial charge < -0.3 is 5.11 Å². The Morgan fingerprint density at radius 3 is 2.58 bits per heavy atom. The summed E-state index contributed by atoms with van der Waals surface area (Å²) in [6.45, 7) is 0. The van der Waals surface area contributed by atoms with E-state index in [1.807, 2.05) is 22.6 Å². The van der Waals surface area contributed by atoms with Gasteiger partial charge in [0.15, 0.2) is 5.01 Å². The zero-order chi connectivity index (χ0) is 14.2. The average molecular weight is 420 g/mol. The fraction of sp³-hybridized carbons (Fsp3) is 0.182. The van der Waals surface area contributed by atoms with Gasteiger partial charge in [-0.2, -0.15) is 13.2 Å². The summed E-state index contributed by atoms with van der Waals surface area (Å²) in [7, 11) is 0. The van der Waals surface area contributed by atoms with Gasteiger partial charge in [0.25, 0.3) is 0 Å². The second-order valence-electron chi connectivity index (χ2n) is 3.64. The van der Waals surface area contributed by atoms with Gasteiger partial charge in [0.1, 0.15) is 6.10 Å². The lowest BCUT2D eigenvalue weighted by Crippen LogP contribution is -2.03. The van der Waals surface area contributed by atoms with E-state index in [-0.39, 0.29) is 4.88 Å². The third kappa shape index (κ3) is 3.39. The first kappa shape index (κ1) is 15.0. The SMILES string of the molecule is OC(c1ccc(I)c(Cl)c1)c1cnc(C(F)(F)F)s1. The molecule has 0 saturated heterocycles. The maximum Gasteiger partial charge on any atom is 0.443 e. The molecule has 1 aromatic carbocycles. The van der Waals surface area contributed by atoms with Gasteiger partial charge in [-0.1, -0.05) is 17.7 Å². The van der Waals surface area contributed by atoms with Crippen molar-refractivity contribution >= 4 is 45.5 Å². The zero-order valence-electron chi connectivity index (χ0n) is 9.08. The molecule has 8 heteroatoms. The standard InChI is InChI=1S/C11H6ClF3INOS/c12-6-3-5(1-2-7(6)16)9(18)8-4-17-10(19-8)11(13,14)15/h1-4,9,18H. The normalized spacial score (nSPS) is 13.6. The minimum Gasteiger partial charge on any atom is -0.383 e. The van der Waals surface area contributed by atoms with E-state index in [2.05, 4.69) is 4.98 Å². The van der Waals surface area contributed by atoms with Crippen molar-refractivity contribution < 1.29 is 18.3 Å². The first-order valence-electron chi connectivity index (χ1n) is 4.95. The molecule has 2 aromatic rings. The minimum absolute atomic E-state index is 0.129. The Labute approximate surface area is 129 Å². The van der Waals surface area contributed by atoms with E-state index in [1.54, 1.807) is 12.1 Å². The molecule has 2 rings (SSSR count). The van der Waals surface area contributed by atoms with Gasteiger partial charge in [0.2, 0.25) is 0 Å². The maximum atomic E-state index is 12.4. The Balaban J connectivity index is 2.31. The predicted molar refractivity (Wildman–Crippen MR) is 75.3 cm³/mol. The molecular weight excluding hydrogens is 414 g/mol. The molecule has 1 heterocycles. The molecular formula is C11H6ClF3INOS. The summed E-state index contributed by atoms with van der Waals surface area (Å²) < 4.78 is 38.1. The van der Waals surface area contributed by atoms with Crippen LogP contribution in [0.5, 0.6) is 0 Å². The Hall–Kier alpha value is -0.380. The van der Waals surface area contributed by atoms with Gasteiger partial charge in [-0.15, -0.1) is 11.3 Å². The molecule has 1 N–H and O–H groups in total. The summed E-state index contributed by atoms with van der Waals surface area (Å²) in [5, 5.41) is 9.50. The van der Waals surface area contributed by atoms with Gasteiger partial charge in [0.05, 0.1) is 9.90 Å². The van der Waals surface area contributed by atoms with Crippen molar-refractivity contribution in [1.82, 2.24) is 4.98 Å². The summed E-state index contributed by atoms with van der Waals surface area (Å²) in [5.74, 6) is 0. The van der Waals surface area contributed by atoms with E-state index >= 15 is 0 Å². The number of benzene rings is 1. The van der Waals surface area contributed by atoms with Crippen LogP contribution in [0.4, 0.5) is 13.2 Å². The van der Waals surface area contributed by atoms with Gasteiger partial charge in [-0.05, 0) is 40.3 Å². The lowest BCUT2D eigenvalue weighted by molar-refractivity contribution is -0.137. The van der Waals surface area contributed by atoms with Crippen LogP contribution < -0.4 is 0 Å². The van der Waals surface area contributed by atoms with Crippen LogP contribution in [0, 0.1) is 3.57 Å². The van der Waals surface area contributed by atoms with E-state index in [0.29, 0.717) is 21.9 Å². The number of hydrogen-bond donors (Lipinski definition) is 1. The Bertz CT molecular complexity index is 602. The number of thiazole rings is 1. The third-order valence-corrected chi connectivity index (χ3v) is 4.96. The summed E-state index contributed by atoms with van der Waals surface area (Å²) in [6.07, 6.45) is -4.63. The topological polar surface area (TPSA) is 33.1 Å².